The average Bonchev–Trinajstić information content (AvgIpc) is 3.45. The van der Waals surface area contributed by atoms with Crippen LogP contribution in [0, 0.1) is 5.92 Å². The number of hydrogen-bond acceptors (Lipinski definition) is 10. The van der Waals surface area contributed by atoms with Gasteiger partial charge in [0.25, 0.3) is 5.91 Å². The molecule has 2 aromatic carbocycles. The number of hydrogen-bond donors (Lipinski definition) is 3. The SMILES string of the molecule is CC(C)[C@H](N)C(=O)OC(C(=O)Nc1nnc(CCCCc2ccc(NC(=O)Cc3ccccc3)nn2)s1)c1cccc(Cl)c1. The minimum Gasteiger partial charge on any atom is -0.446 e. The van der Waals surface area contributed by atoms with E-state index in [9.17, 15) is 14.4 Å². The molecule has 0 bridgehead atoms. The van der Waals surface area contributed by atoms with Crippen LogP contribution in [0.15, 0.2) is 66.7 Å². The van der Waals surface area contributed by atoms with Gasteiger partial charge in [-0.1, -0.05) is 79.2 Å². The van der Waals surface area contributed by atoms with E-state index in [1.54, 1.807) is 44.2 Å². The van der Waals surface area contributed by atoms with Crippen molar-refractivity contribution in [2.24, 2.45) is 11.7 Å². The number of anilines is 2. The molecule has 0 saturated heterocycles. The first-order chi connectivity index (χ1) is 21.2. The van der Waals surface area contributed by atoms with Crippen LogP contribution in [0.1, 0.15) is 54.6 Å². The van der Waals surface area contributed by atoms with Crippen molar-refractivity contribution in [3.63, 3.8) is 0 Å². The summed E-state index contributed by atoms with van der Waals surface area (Å²) < 4.78 is 5.52. The molecule has 11 nitrogen and oxygen atoms in total. The highest BCUT2D eigenvalue weighted by Crippen LogP contribution is 2.25. The fraction of sp³-hybridized carbons (Fsp3) is 0.323. The molecule has 2 atom stereocenters. The predicted molar refractivity (Wildman–Crippen MR) is 169 cm³/mol. The van der Waals surface area contributed by atoms with Crippen LogP contribution in [0.25, 0.3) is 0 Å². The van der Waals surface area contributed by atoms with Crippen LogP contribution in [0.3, 0.4) is 0 Å². The number of rotatable bonds is 14. The van der Waals surface area contributed by atoms with Crippen LogP contribution < -0.4 is 16.4 Å². The second-order valence-electron chi connectivity index (χ2n) is 10.5. The maximum absolute atomic E-state index is 13.2. The summed E-state index contributed by atoms with van der Waals surface area (Å²) in [6.45, 7) is 3.59. The summed E-state index contributed by atoms with van der Waals surface area (Å²) in [7, 11) is 0. The lowest BCUT2D eigenvalue weighted by atomic mass is 10.1. The minimum absolute atomic E-state index is 0.151. The number of halogens is 1. The lowest BCUT2D eigenvalue weighted by Gasteiger charge is -2.21. The maximum atomic E-state index is 13.2. The van der Waals surface area contributed by atoms with Crippen molar-refractivity contribution in [2.75, 3.05) is 10.6 Å². The second kappa shape index (κ2) is 16.0. The van der Waals surface area contributed by atoms with Crippen LogP contribution in [0.5, 0.6) is 0 Å². The van der Waals surface area contributed by atoms with Crippen molar-refractivity contribution < 1.29 is 19.1 Å². The number of unbranched alkanes of at least 4 members (excludes halogenated alkanes) is 1. The number of amides is 2. The quantitative estimate of drug-likeness (QED) is 0.129. The molecule has 2 heterocycles. The smallest absolute Gasteiger partial charge is 0.324 e. The molecular formula is C31H34ClN7O4S. The Kier molecular flexibility index (Phi) is 11.9. The molecule has 0 spiro atoms. The van der Waals surface area contributed by atoms with E-state index < -0.39 is 24.0 Å². The monoisotopic (exact) mass is 635 g/mol. The summed E-state index contributed by atoms with van der Waals surface area (Å²) in [6, 6.07) is 18.7. The van der Waals surface area contributed by atoms with Gasteiger partial charge in [-0.15, -0.1) is 15.3 Å². The molecule has 0 fully saturated rings. The summed E-state index contributed by atoms with van der Waals surface area (Å²) in [5.74, 6) is -1.18. The lowest BCUT2D eigenvalue weighted by Crippen LogP contribution is -2.39. The summed E-state index contributed by atoms with van der Waals surface area (Å²) >= 11 is 7.36. The zero-order valence-electron chi connectivity index (χ0n) is 24.4. The molecule has 2 amide bonds. The largest absolute Gasteiger partial charge is 0.446 e. The van der Waals surface area contributed by atoms with E-state index in [-0.39, 0.29) is 23.4 Å². The van der Waals surface area contributed by atoms with Crippen LogP contribution in [-0.4, -0.2) is 44.2 Å². The number of carbonyl (C=O) groups is 3. The van der Waals surface area contributed by atoms with Crippen molar-refractivity contribution in [3.8, 4) is 0 Å². The van der Waals surface area contributed by atoms with Gasteiger partial charge in [-0.05, 0) is 55.0 Å². The van der Waals surface area contributed by atoms with Crippen LogP contribution in [0.2, 0.25) is 5.02 Å². The number of ether oxygens (including phenoxy) is 1. The molecule has 13 heteroatoms. The third kappa shape index (κ3) is 9.90. The molecule has 1 unspecified atom stereocenters. The number of nitrogens with one attached hydrogen (secondary N) is 2. The average molecular weight is 636 g/mol. The Morgan fingerprint density at radius 2 is 1.68 bits per heavy atom. The maximum Gasteiger partial charge on any atom is 0.324 e. The van der Waals surface area contributed by atoms with Gasteiger partial charge in [0.2, 0.25) is 17.1 Å². The van der Waals surface area contributed by atoms with E-state index in [4.69, 9.17) is 22.1 Å². The van der Waals surface area contributed by atoms with Crippen molar-refractivity contribution in [2.45, 2.75) is 58.1 Å². The van der Waals surface area contributed by atoms with E-state index >= 15 is 0 Å². The highest BCUT2D eigenvalue weighted by atomic mass is 35.5. The molecule has 0 aliphatic carbocycles. The molecular weight excluding hydrogens is 602 g/mol. The predicted octanol–water partition coefficient (Wildman–Crippen LogP) is 4.93. The molecule has 0 radical (unpaired) electrons. The lowest BCUT2D eigenvalue weighted by molar-refractivity contribution is -0.157. The van der Waals surface area contributed by atoms with Gasteiger partial charge in [-0.2, -0.15) is 5.10 Å². The number of aromatic nitrogens is 4. The van der Waals surface area contributed by atoms with E-state index in [1.165, 1.54) is 11.3 Å². The first kappa shape index (κ1) is 32.6. The topological polar surface area (TPSA) is 162 Å². The molecule has 0 saturated carbocycles. The van der Waals surface area contributed by atoms with Crippen molar-refractivity contribution in [3.05, 3.63) is 93.6 Å². The number of benzene rings is 2. The van der Waals surface area contributed by atoms with E-state index in [0.29, 0.717) is 29.2 Å². The van der Waals surface area contributed by atoms with E-state index in [0.717, 1.165) is 29.1 Å². The molecule has 2 aromatic heterocycles. The van der Waals surface area contributed by atoms with Crippen molar-refractivity contribution >= 4 is 51.7 Å². The van der Waals surface area contributed by atoms with Crippen LogP contribution in [0.4, 0.5) is 10.9 Å². The zero-order valence-corrected chi connectivity index (χ0v) is 26.0. The summed E-state index contributed by atoms with van der Waals surface area (Å²) in [5.41, 5.74) is 8.09. The fourth-order valence-electron chi connectivity index (χ4n) is 4.10. The van der Waals surface area contributed by atoms with Gasteiger partial charge in [0.05, 0.1) is 12.1 Å². The van der Waals surface area contributed by atoms with Gasteiger partial charge in [0.1, 0.15) is 11.0 Å². The Hall–Kier alpha value is -4.26. The van der Waals surface area contributed by atoms with Crippen molar-refractivity contribution in [1.29, 1.82) is 0 Å². The molecule has 4 rings (SSSR count). The standard InChI is InChI=1S/C31H34ClN7O4S/c1-19(2)27(33)30(42)43-28(21-11-8-12-22(32)18-21)29(41)35-31-39-38-26(44-31)14-7-6-13-23-15-16-24(37-36-23)34-25(40)17-20-9-4-3-5-10-20/h3-5,8-12,15-16,18-19,27-28H,6-7,13-14,17,33H2,1-2H3,(H,34,37,40)(H,35,39,41)/t27-,28?/m0/s1. The Morgan fingerprint density at radius 1 is 0.909 bits per heavy atom. The Labute approximate surface area is 264 Å². The zero-order chi connectivity index (χ0) is 31.5. The van der Waals surface area contributed by atoms with E-state index in [2.05, 4.69) is 31.0 Å². The minimum atomic E-state index is -1.26. The number of carbonyl (C=O) groups excluding carboxylic acids is 3. The highest BCUT2D eigenvalue weighted by Gasteiger charge is 2.30. The normalized spacial score (nSPS) is 12.4. The second-order valence-corrected chi connectivity index (χ2v) is 12.0. The summed E-state index contributed by atoms with van der Waals surface area (Å²) in [6.07, 6.45) is 2.02. The fourth-order valence-corrected chi connectivity index (χ4v) is 5.08. The van der Waals surface area contributed by atoms with Gasteiger partial charge < -0.3 is 15.8 Å². The molecule has 0 aliphatic rings. The summed E-state index contributed by atoms with van der Waals surface area (Å²) in [4.78, 5) is 38.0. The van der Waals surface area contributed by atoms with Crippen LogP contribution >= 0.6 is 22.9 Å². The number of aryl methyl sites for hydroxylation is 2. The first-order valence-corrected chi connectivity index (χ1v) is 15.4. The Balaban J connectivity index is 1.24. The molecule has 4 aromatic rings. The van der Waals surface area contributed by atoms with E-state index in [1.807, 2.05) is 36.4 Å². The van der Waals surface area contributed by atoms with Gasteiger partial charge in [-0.25, -0.2) is 0 Å². The molecule has 4 N–H and O–H groups in total. The van der Waals surface area contributed by atoms with Gasteiger partial charge in [0.15, 0.2) is 5.82 Å². The Morgan fingerprint density at radius 3 is 2.39 bits per heavy atom. The number of esters is 1. The van der Waals surface area contributed by atoms with Crippen LogP contribution in [-0.2, 0) is 38.4 Å². The number of nitrogens with two attached hydrogens (primary N) is 1. The Bertz CT molecular complexity index is 1550. The van der Waals surface area contributed by atoms with Crippen molar-refractivity contribution in [1.82, 2.24) is 20.4 Å². The molecule has 44 heavy (non-hydrogen) atoms. The highest BCUT2D eigenvalue weighted by molar-refractivity contribution is 7.15. The number of nitrogens with zero attached hydrogens (tertiary/aromatic N) is 4. The molecule has 230 valence electrons. The summed E-state index contributed by atoms with van der Waals surface area (Å²) in [5, 5.41) is 23.5. The first-order valence-electron chi connectivity index (χ1n) is 14.2. The molecule has 0 aliphatic heterocycles. The van der Waals surface area contributed by atoms with Gasteiger partial charge in [-0.3, -0.25) is 19.7 Å². The third-order valence-electron chi connectivity index (χ3n) is 6.58. The van der Waals surface area contributed by atoms with Gasteiger partial charge in [0, 0.05) is 17.0 Å². The third-order valence-corrected chi connectivity index (χ3v) is 7.71. The van der Waals surface area contributed by atoms with Gasteiger partial charge >= 0.3 is 5.97 Å².